The molecule has 1 aromatic carbocycles. The minimum Gasteiger partial charge on any atom is -0.330 e. The van der Waals surface area contributed by atoms with E-state index in [9.17, 15) is 4.79 Å². The zero-order valence-corrected chi connectivity index (χ0v) is 12.2. The second-order valence-electron chi connectivity index (χ2n) is 3.85. The molecule has 2 rings (SSSR count). The van der Waals surface area contributed by atoms with Gasteiger partial charge in [-0.05, 0) is 31.0 Å². The van der Waals surface area contributed by atoms with E-state index >= 15 is 0 Å². The zero-order valence-electron chi connectivity index (χ0n) is 10.6. The van der Waals surface area contributed by atoms with Crippen molar-refractivity contribution in [3.05, 3.63) is 40.3 Å². The Kier molecular flexibility index (Phi) is 4.95. The zero-order chi connectivity index (χ0) is 13.7. The van der Waals surface area contributed by atoms with Gasteiger partial charge in [-0.1, -0.05) is 6.07 Å². The number of benzene rings is 1. The standard InChI is InChI=1S/C13H15N3OS2/c1-18-10-4-2-3-9(7-10)15-13(17)11-8-19-12(16-11)5-6-14/h2-4,7-8H,5-6,14H2,1H3,(H,15,17). The van der Waals surface area contributed by atoms with Crippen LogP contribution in [0.25, 0.3) is 0 Å². The van der Waals surface area contributed by atoms with Crippen LogP contribution in [0.5, 0.6) is 0 Å². The summed E-state index contributed by atoms with van der Waals surface area (Å²) in [7, 11) is 0. The third-order valence-corrected chi connectivity index (χ3v) is 4.10. The van der Waals surface area contributed by atoms with E-state index in [0.717, 1.165) is 15.6 Å². The van der Waals surface area contributed by atoms with Crippen LogP contribution in [0.3, 0.4) is 0 Å². The van der Waals surface area contributed by atoms with Crippen LogP contribution >= 0.6 is 23.1 Å². The van der Waals surface area contributed by atoms with Gasteiger partial charge in [-0.3, -0.25) is 4.79 Å². The van der Waals surface area contributed by atoms with Gasteiger partial charge in [0.2, 0.25) is 0 Å². The molecule has 2 aromatic rings. The molecule has 0 saturated carbocycles. The predicted molar refractivity (Wildman–Crippen MR) is 81.0 cm³/mol. The largest absolute Gasteiger partial charge is 0.330 e. The van der Waals surface area contributed by atoms with Crippen molar-refractivity contribution in [2.75, 3.05) is 18.1 Å². The van der Waals surface area contributed by atoms with Crippen molar-refractivity contribution in [3.8, 4) is 0 Å². The molecule has 19 heavy (non-hydrogen) atoms. The lowest BCUT2D eigenvalue weighted by atomic mass is 10.3. The van der Waals surface area contributed by atoms with Gasteiger partial charge < -0.3 is 11.1 Å². The second kappa shape index (κ2) is 6.70. The van der Waals surface area contributed by atoms with Gasteiger partial charge in [-0.2, -0.15) is 0 Å². The Morgan fingerprint density at radius 1 is 1.53 bits per heavy atom. The third kappa shape index (κ3) is 3.79. The van der Waals surface area contributed by atoms with Gasteiger partial charge in [-0.15, -0.1) is 23.1 Å². The van der Waals surface area contributed by atoms with E-state index in [2.05, 4.69) is 10.3 Å². The van der Waals surface area contributed by atoms with Crippen LogP contribution in [0.15, 0.2) is 34.5 Å². The van der Waals surface area contributed by atoms with Crippen LogP contribution in [-0.4, -0.2) is 23.7 Å². The van der Waals surface area contributed by atoms with E-state index in [-0.39, 0.29) is 5.91 Å². The minimum atomic E-state index is -0.183. The normalized spacial score (nSPS) is 10.4. The van der Waals surface area contributed by atoms with Gasteiger partial charge in [0.25, 0.3) is 5.91 Å². The Morgan fingerprint density at radius 3 is 3.11 bits per heavy atom. The lowest BCUT2D eigenvalue weighted by Gasteiger charge is -2.04. The molecular formula is C13H15N3OS2. The SMILES string of the molecule is CSc1cccc(NC(=O)c2csc(CCN)n2)c1. The van der Waals surface area contributed by atoms with Crippen molar-refractivity contribution in [3.63, 3.8) is 0 Å². The molecule has 1 aromatic heterocycles. The molecule has 0 saturated heterocycles. The maximum absolute atomic E-state index is 12.0. The average Bonchev–Trinajstić information content (AvgIpc) is 2.88. The van der Waals surface area contributed by atoms with Gasteiger partial charge >= 0.3 is 0 Å². The summed E-state index contributed by atoms with van der Waals surface area (Å²) >= 11 is 3.10. The summed E-state index contributed by atoms with van der Waals surface area (Å²) in [6.07, 6.45) is 2.71. The van der Waals surface area contributed by atoms with E-state index in [1.165, 1.54) is 11.3 Å². The van der Waals surface area contributed by atoms with Crippen LogP contribution in [0.2, 0.25) is 0 Å². The fraction of sp³-hybridized carbons (Fsp3) is 0.231. The number of aromatic nitrogens is 1. The second-order valence-corrected chi connectivity index (χ2v) is 5.67. The van der Waals surface area contributed by atoms with E-state index in [1.54, 1.807) is 17.1 Å². The fourth-order valence-electron chi connectivity index (χ4n) is 1.55. The van der Waals surface area contributed by atoms with E-state index in [4.69, 9.17) is 5.73 Å². The van der Waals surface area contributed by atoms with Crippen molar-refractivity contribution in [1.29, 1.82) is 0 Å². The van der Waals surface area contributed by atoms with E-state index < -0.39 is 0 Å². The molecule has 4 nitrogen and oxygen atoms in total. The molecular weight excluding hydrogens is 278 g/mol. The quantitative estimate of drug-likeness (QED) is 0.832. The predicted octanol–water partition coefficient (Wildman–Crippen LogP) is 2.62. The van der Waals surface area contributed by atoms with Crippen LogP contribution in [-0.2, 0) is 6.42 Å². The van der Waals surface area contributed by atoms with Gasteiger partial charge in [0.15, 0.2) is 0 Å². The number of carbonyl (C=O) groups excluding carboxylic acids is 1. The van der Waals surface area contributed by atoms with Gasteiger partial charge in [0, 0.05) is 22.4 Å². The van der Waals surface area contributed by atoms with Crippen LogP contribution in [0.4, 0.5) is 5.69 Å². The van der Waals surface area contributed by atoms with Crippen molar-refractivity contribution in [2.24, 2.45) is 5.73 Å². The van der Waals surface area contributed by atoms with Crippen LogP contribution in [0.1, 0.15) is 15.5 Å². The first kappa shape index (κ1) is 14.0. The Morgan fingerprint density at radius 2 is 2.37 bits per heavy atom. The molecule has 1 amide bonds. The Bertz CT molecular complexity index is 569. The number of anilines is 1. The van der Waals surface area contributed by atoms with Crippen molar-refractivity contribution in [1.82, 2.24) is 4.98 Å². The third-order valence-electron chi connectivity index (χ3n) is 2.47. The number of rotatable bonds is 5. The molecule has 1 heterocycles. The lowest BCUT2D eigenvalue weighted by molar-refractivity contribution is 0.102. The topological polar surface area (TPSA) is 68.0 Å². The minimum absolute atomic E-state index is 0.183. The molecule has 0 atom stereocenters. The lowest BCUT2D eigenvalue weighted by Crippen LogP contribution is -2.12. The molecule has 0 fully saturated rings. The fourth-order valence-corrected chi connectivity index (χ4v) is 2.80. The maximum atomic E-state index is 12.0. The molecule has 0 aliphatic heterocycles. The molecule has 0 unspecified atom stereocenters. The molecule has 0 aliphatic rings. The molecule has 0 bridgehead atoms. The molecule has 100 valence electrons. The molecule has 6 heteroatoms. The van der Waals surface area contributed by atoms with Crippen molar-refractivity contribution < 1.29 is 4.79 Å². The molecule has 0 aliphatic carbocycles. The van der Waals surface area contributed by atoms with E-state index in [0.29, 0.717) is 18.7 Å². The highest BCUT2D eigenvalue weighted by Gasteiger charge is 2.10. The number of carbonyl (C=O) groups is 1. The van der Waals surface area contributed by atoms with Gasteiger partial charge in [-0.25, -0.2) is 4.98 Å². The number of thioether (sulfide) groups is 1. The summed E-state index contributed by atoms with van der Waals surface area (Å²) < 4.78 is 0. The van der Waals surface area contributed by atoms with Crippen LogP contribution in [0, 0.1) is 0 Å². The maximum Gasteiger partial charge on any atom is 0.275 e. The van der Waals surface area contributed by atoms with E-state index in [1.807, 2.05) is 30.5 Å². The smallest absolute Gasteiger partial charge is 0.275 e. The number of nitrogens with one attached hydrogen (secondary N) is 1. The number of hydrogen-bond donors (Lipinski definition) is 2. The first-order valence-corrected chi connectivity index (χ1v) is 7.93. The van der Waals surface area contributed by atoms with Crippen LogP contribution < -0.4 is 11.1 Å². The average molecular weight is 293 g/mol. The number of amides is 1. The highest BCUT2D eigenvalue weighted by Crippen LogP contribution is 2.19. The number of hydrogen-bond acceptors (Lipinski definition) is 5. The Balaban J connectivity index is 2.06. The summed E-state index contributed by atoms with van der Waals surface area (Å²) in [4.78, 5) is 17.4. The van der Waals surface area contributed by atoms with Crippen molar-refractivity contribution >= 4 is 34.7 Å². The van der Waals surface area contributed by atoms with Gasteiger partial charge in [0.05, 0.1) is 5.01 Å². The summed E-state index contributed by atoms with van der Waals surface area (Å²) in [5.74, 6) is -0.183. The molecule has 3 N–H and O–H groups in total. The van der Waals surface area contributed by atoms with Gasteiger partial charge in [0.1, 0.15) is 5.69 Å². The number of thiazole rings is 1. The number of nitrogens with zero attached hydrogens (tertiary/aromatic N) is 1. The summed E-state index contributed by atoms with van der Waals surface area (Å²) in [5, 5.41) is 5.51. The van der Waals surface area contributed by atoms with Crippen molar-refractivity contribution in [2.45, 2.75) is 11.3 Å². The monoisotopic (exact) mass is 293 g/mol. The first-order chi connectivity index (χ1) is 9.22. The summed E-state index contributed by atoms with van der Waals surface area (Å²) in [5.41, 5.74) is 6.70. The Labute approximate surface area is 120 Å². The Hall–Kier alpha value is -1.37. The molecule has 0 spiro atoms. The molecule has 0 radical (unpaired) electrons. The summed E-state index contributed by atoms with van der Waals surface area (Å²) in [6, 6.07) is 7.73. The number of nitrogens with two attached hydrogens (primary N) is 1. The highest BCUT2D eigenvalue weighted by molar-refractivity contribution is 7.98. The first-order valence-electron chi connectivity index (χ1n) is 5.83. The highest BCUT2D eigenvalue weighted by atomic mass is 32.2. The summed E-state index contributed by atoms with van der Waals surface area (Å²) in [6.45, 7) is 0.546.